The van der Waals surface area contributed by atoms with E-state index in [4.69, 9.17) is 0 Å². The molecule has 3 rings (SSSR count). The third kappa shape index (κ3) is 1.77. The summed E-state index contributed by atoms with van der Waals surface area (Å²) in [6, 6.07) is 0.192. The van der Waals surface area contributed by atoms with Crippen LogP contribution in [0.4, 0.5) is 10.7 Å². The average Bonchev–Trinajstić information content (AvgIpc) is 2.80. The SMILES string of the molecule is O=Cc1cnc(N2CCN3C(=O)NCC3C2)nc1. The molecule has 1 N–H and O–H groups in total. The van der Waals surface area contributed by atoms with Gasteiger partial charge in [0, 0.05) is 38.6 Å². The standard InChI is InChI=1S/C11H13N5O2/c17-7-8-3-12-10(13-4-8)15-1-2-16-9(6-15)5-14-11(16)18/h3-4,7,9H,1-2,5-6H2,(H,14,18). The van der Waals surface area contributed by atoms with Crippen LogP contribution in [-0.4, -0.2) is 59.4 Å². The first-order chi connectivity index (χ1) is 8.78. The number of aldehydes is 1. The molecule has 3 heterocycles. The number of hydrogen-bond donors (Lipinski definition) is 1. The summed E-state index contributed by atoms with van der Waals surface area (Å²) in [6.07, 6.45) is 3.75. The molecular formula is C11H13N5O2. The molecule has 0 bridgehead atoms. The van der Waals surface area contributed by atoms with E-state index in [2.05, 4.69) is 15.3 Å². The predicted octanol–water partition coefficient (Wildman–Crippen LogP) is -0.497. The van der Waals surface area contributed by atoms with E-state index in [1.165, 1.54) is 12.4 Å². The molecule has 0 spiro atoms. The highest BCUT2D eigenvalue weighted by Crippen LogP contribution is 2.17. The summed E-state index contributed by atoms with van der Waals surface area (Å²) in [5, 5.41) is 2.82. The van der Waals surface area contributed by atoms with Crippen molar-refractivity contribution >= 4 is 18.3 Å². The lowest BCUT2D eigenvalue weighted by atomic mass is 10.2. The largest absolute Gasteiger partial charge is 0.337 e. The Morgan fingerprint density at radius 3 is 2.83 bits per heavy atom. The highest BCUT2D eigenvalue weighted by atomic mass is 16.2. The van der Waals surface area contributed by atoms with Crippen molar-refractivity contribution in [2.75, 3.05) is 31.1 Å². The van der Waals surface area contributed by atoms with Gasteiger partial charge in [0.05, 0.1) is 11.6 Å². The summed E-state index contributed by atoms with van der Waals surface area (Å²) >= 11 is 0. The lowest BCUT2D eigenvalue weighted by molar-refractivity contribution is 0.112. The third-order valence-electron chi connectivity index (χ3n) is 3.31. The smallest absolute Gasteiger partial charge is 0.317 e. The number of nitrogens with one attached hydrogen (secondary N) is 1. The molecular weight excluding hydrogens is 234 g/mol. The molecule has 2 amide bonds. The van der Waals surface area contributed by atoms with E-state index >= 15 is 0 Å². The number of carbonyl (C=O) groups is 2. The molecule has 2 aliphatic heterocycles. The van der Waals surface area contributed by atoms with Gasteiger partial charge in [-0.25, -0.2) is 14.8 Å². The van der Waals surface area contributed by atoms with Crippen LogP contribution in [0.1, 0.15) is 10.4 Å². The molecule has 1 atom stereocenters. The zero-order valence-electron chi connectivity index (χ0n) is 9.74. The first kappa shape index (κ1) is 10.9. The van der Waals surface area contributed by atoms with Crippen LogP contribution in [0.2, 0.25) is 0 Å². The summed E-state index contributed by atoms with van der Waals surface area (Å²) in [4.78, 5) is 34.2. The number of hydrogen-bond acceptors (Lipinski definition) is 5. The molecule has 18 heavy (non-hydrogen) atoms. The maximum atomic E-state index is 11.5. The molecule has 1 aromatic heterocycles. The number of anilines is 1. The quantitative estimate of drug-likeness (QED) is 0.713. The molecule has 7 heteroatoms. The fraction of sp³-hybridized carbons (Fsp3) is 0.455. The van der Waals surface area contributed by atoms with Crippen molar-refractivity contribution < 1.29 is 9.59 Å². The lowest BCUT2D eigenvalue weighted by Gasteiger charge is -2.36. The van der Waals surface area contributed by atoms with E-state index < -0.39 is 0 Å². The van der Waals surface area contributed by atoms with Crippen LogP contribution in [0.3, 0.4) is 0 Å². The summed E-state index contributed by atoms with van der Waals surface area (Å²) in [7, 11) is 0. The van der Waals surface area contributed by atoms with Crippen LogP contribution >= 0.6 is 0 Å². The minimum absolute atomic E-state index is 0.0110. The van der Waals surface area contributed by atoms with Gasteiger partial charge in [0.2, 0.25) is 5.95 Å². The molecule has 0 aromatic carbocycles. The molecule has 1 aromatic rings. The van der Waals surface area contributed by atoms with E-state index in [0.717, 1.165) is 12.8 Å². The first-order valence-corrected chi connectivity index (χ1v) is 5.84. The second-order valence-electron chi connectivity index (χ2n) is 4.41. The molecule has 0 radical (unpaired) electrons. The minimum atomic E-state index is 0.0110. The topological polar surface area (TPSA) is 78.4 Å². The van der Waals surface area contributed by atoms with Crippen LogP contribution < -0.4 is 10.2 Å². The number of aromatic nitrogens is 2. The number of rotatable bonds is 2. The van der Waals surface area contributed by atoms with Crippen molar-refractivity contribution in [2.24, 2.45) is 0 Å². The van der Waals surface area contributed by atoms with Crippen molar-refractivity contribution in [1.29, 1.82) is 0 Å². The van der Waals surface area contributed by atoms with Crippen LogP contribution in [0.15, 0.2) is 12.4 Å². The number of amides is 2. The zero-order valence-corrected chi connectivity index (χ0v) is 9.74. The van der Waals surface area contributed by atoms with Crippen LogP contribution in [-0.2, 0) is 0 Å². The molecule has 7 nitrogen and oxygen atoms in total. The van der Waals surface area contributed by atoms with Crippen LogP contribution in [0.5, 0.6) is 0 Å². The van der Waals surface area contributed by atoms with Gasteiger partial charge in [0.1, 0.15) is 0 Å². The Balaban J connectivity index is 1.74. The lowest BCUT2D eigenvalue weighted by Crippen LogP contribution is -2.52. The normalized spacial score (nSPS) is 22.7. The van der Waals surface area contributed by atoms with E-state index in [1.54, 1.807) is 0 Å². The Labute approximate surface area is 104 Å². The van der Waals surface area contributed by atoms with E-state index in [1.807, 2.05) is 9.80 Å². The van der Waals surface area contributed by atoms with Gasteiger partial charge in [-0.05, 0) is 0 Å². The fourth-order valence-electron chi connectivity index (χ4n) is 2.34. The van der Waals surface area contributed by atoms with Gasteiger partial charge in [-0.2, -0.15) is 0 Å². The van der Waals surface area contributed by atoms with E-state index in [-0.39, 0.29) is 12.1 Å². The molecule has 0 aliphatic carbocycles. The zero-order chi connectivity index (χ0) is 12.5. The number of nitrogens with zero attached hydrogens (tertiary/aromatic N) is 4. The second kappa shape index (κ2) is 4.25. The Morgan fingerprint density at radius 1 is 1.33 bits per heavy atom. The van der Waals surface area contributed by atoms with E-state index in [0.29, 0.717) is 31.1 Å². The number of urea groups is 1. The van der Waals surface area contributed by atoms with Gasteiger partial charge in [-0.15, -0.1) is 0 Å². The first-order valence-electron chi connectivity index (χ1n) is 5.84. The van der Waals surface area contributed by atoms with Crippen molar-refractivity contribution in [3.05, 3.63) is 18.0 Å². The van der Waals surface area contributed by atoms with Crippen molar-refractivity contribution in [2.45, 2.75) is 6.04 Å². The summed E-state index contributed by atoms with van der Waals surface area (Å²) in [5.41, 5.74) is 0.468. The maximum absolute atomic E-state index is 11.5. The Hall–Kier alpha value is -2.18. The Bertz CT molecular complexity index is 475. The molecule has 94 valence electrons. The van der Waals surface area contributed by atoms with Crippen molar-refractivity contribution in [3.8, 4) is 0 Å². The van der Waals surface area contributed by atoms with Crippen LogP contribution in [0.25, 0.3) is 0 Å². The van der Waals surface area contributed by atoms with Crippen LogP contribution in [0, 0.1) is 0 Å². The van der Waals surface area contributed by atoms with Gasteiger partial charge in [-0.3, -0.25) is 4.79 Å². The maximum Gasteiger partial charge on any atom is 0.317 e. The summed E-state index contributed by atoms with van der Waals surface area (Å²) in [5.74, 6) is 0.611. The van der Waals surface area contributed by atoms with Crippen molar-refractivity contribution in [3.63, 3.8) is 0 Å². The average molecular weight is 247 g/mol. The molecule has 0 saturated carbocycles. The predicted molar refractivity (Wildman–Crippen MR) is 63.5 cm³/mol. The fourth-order valence-corrected chi connectivity index (χ4v) is 2.34. The Morgan fingerprint density at radius 2 is 2.11 bits per heavy atom. The summed E-state index contributed by atoms with van der Waals surface area (Å²) in [6.45, 7) is 2.78. The number of piperazine rings is 1. The highest BCUT2D eigenvalue weighted by Gasteiger charge is 2.35. The molecule has 2 aliphatic rings. The Kier molecular flexibility index (Phi) is 2.58. The van der Waals surface area contributed by atoms with Crippen molar-refractivity contribution in [1.82, 2.24) is 20.2 Å². The summed E-state index contributed by atoms with van der Waals surface area (Å²) < 4.78 is 0. The highest BCUT2D eigenvalue weighted by molar-refractivity contribution is 5.77. The monoisotopic (exact) mass is 247 g/mol. The van der Waals surface area contributed by atoms with Gasteiger partial charge in [-0.1, -0.05) is 0 Å². The molecule has 2 saturated heterocycles. The molecule has 1 unspecified atom stereocenters. The van der Waals surface area contributed by atoms with E-state index in [9.17, 15) is 9.59 Å². The number of carbonyl (C=O) groups excluding carboxylic acids is 2. The van der Waals surface area contributed by atoms with Gasteiger partial charge in [0.25, 0.3) is 0 Å². The third-order valence-corrected chi connectivity index (χ3v) is 3.31. The van der Waals surface area contributed by atoms with Gasteiger partial charge >= 0.3 is 6.03 Å². The van der Waals surface area contributed by atoms with Gasteiger partial charge < -0.3 is 15.1 Å². The molecule has 2 fully saturated rings. The number of fused-ring (bicyclic) bond motifs is 1. The minimum Gasteiger partial charge on any atom is -0.337 e. The second-order valence-corrected chi connectivity index (χ2v) is 4.41. The van der Waals surface area contributed by atoms with Gasteiger partial charge in [0.15, 0.2) is 6.29 Å².